The molecular weight excluding hydrogens is 368 g/mol. The van der Waals surface area contributed by atoms with Crippen molar-refractivity contribution in [3.63, 3.8) is 0 Å². The molecule has 148 valence electrons. The van der Waals surface area contributed by atoms with Crippen LogP contribution in [0.4, 0.5) is 0 Å². The first-order chi connectivity index (χ1) is 14.2. The molecule has 1 amide bonds. The molecule has 0 spiro atoms. The lowest BCUT2D eigenvalue weighted by atomic mass is 9.97. The van der Waals surface area contributed by atoms with Crippen molar-refractivity contribution < 1.29 is 18.7 Å². The van der Waals surface area contributed by atoms with Gasteiger partial charge >= 0.3 is 0 Å². The Labute approximate surface area is 169 Å². The Bertz CT molecular complexity index is 1040. The van der Waals surface area contributed by atoms with Crippen LogP contribution in [0.3, 0.4) is 0 Å². The first-order valence-corrected chi connectivity index (χ1v) is 9.91. The van der Waals surface area contributed by atoms with Crippen LogP contribution in [0.5, 0.6) is 11.5 Å². The average Bonchev–Trinajstić information content (AvgIpc) is 3.41. The standard InChI is InChI=1S/C23H22N2O4/c1-15(26)25-11-9-17(10-12-25)23-24-21(22(29-23)16-5-3-2-4-6-16)18-7-8-19-20(13-18)28-14-27-19/h2-8,13,17H,9-12,14H2,1H3. The predicted octanol–water partition coefficient (Wildman–Crippen LogP) is 4.46. The minimum absolute atomic E-state index is 0.127. The molecule has 1 fully saturated rings. The van der Waals surface area contributed by atoms with Gasteiger partial charge in [-0.05, 0) is 31.0 Å². The van der Waals surface area contributed by atoms with Gasteiger partial charge in [0.25, 0.3) is 0 Å². The van der Waals surface area contributed by atoms with E-state index >= 15 is 0 Å². The van der Waals surface area contributed by atoms with Crippen LogP contribution < -0.4 is 9.47 Å². The van der Waals surface area contributed by atoms with Gasteiger partial charge in [0.2, 0.25) is 12.7 Å². The zero-order valence-electron chi connectivity index (χ0n) is 16.3. The third-order valence-electron chi connectivity index (χ3n) is 5.62. The molecule has 0 N–H and O–H groups in total. The largest absolute Gasteiger partial charge is 0.454 e. The van der Waals surface area contributed by atoms with Crippen molar-refractivity contribution in [1.29, 1.82) is 0 Å². The number of carbonyl (C=O) groups excluding carboxylic acids is 1. The first-order valence-electron chi connectivity index (χ1n) is 9.91. The normalized spacial score (nSPS) is 16.2. The third kappa shape index (κ3) is 3.35. The molecule has 6 heteroatoms. The summed E-state index contributed by atoms with van der Waals surface area (Å²) in [5.41, 5.74) is 2.72. The van der Waals surface area contributed by atoms with Crippen LogP contribution in [-0.4, -0.2) is 35.7 Å². The van der Waals surface area contributed by atoms with Gasteiger partial charge in [-0.25, -0.2) is 4.98 Å². The highest BCUT2D eigenvalue weighted by atomic mass is 16.7. The topological polar surface area (TPSA) is 64.8 Å². The monoisotopic (exact) mass is 390 g/mol. The van der Waals surface area contributed by atoms with Gasteiger partial charge in [0.15, 0.2) is 23.1 Å². The fourth-order valence-corrected chi connectivity index (χ4v) is 3.98. The molecule has 2 aliphatic heterocycles. The summed E-state index contributed by atoms with van der Waals surface area (Å²) in [4.78, 5) is 18.4. The Morgan fingerprint density at radius 2 is 1.76 bits per heavy atom. The van der Waals surface area contributed by atoms with Gasteiger partial charge in [0.1, 0.15) is 5.69 Å². The van der Waals surface area contributed by atoms with E-state index in [1.54, 1.807) is 6.92 Å². The van der Waals surface area contributed by atoms with Crippen LogP contribution in [0, 0.1) is 0 Å². The fraction of sp³-hybridized carbons (Fsp3) is 0.304. The van der Waals surface area contributed by atoms with Gasteiger partial charge in [-0.15, -0.1) is 0 Å². The molecule has 0 bridgehead atoms. The highest BCUT2D eigenvalue weighted by Gasteiger charge is 2.28. The van der Waals surface area contributed by atoms with Crippen LogP contribution in [0.1, 0.15) is 31.6 Å². The Kier molecular flexibility index (Phi) is 4.46. The van der Waals surface area contributed by atoms with Gasteiger partial charge in [0.05, 0.1) is 0 Å². The van der Waals surface area contributed by atoms with Crippen molar-refractivity contribution >= 4 is 5.91 Å². The van der Waals surface area contributed by atoms with Crippen molar-refractivity contribution in [2.45, 2.75) is 25.7 Å². The summed E-state index contributed by atoms with van der Waals surface area (Å²) in [5.74, 6) is 3.29. The minimum atomic E-state index is 0.127. The second-order valence-electron chi connectivity index (χ2n) is 7.44. The van der Waals surface area contributed by atoms with Crippen molar-refractivity contribution in [2.24, 2.45) is 0 Å². The number of rotatable bonds is 3. The van der Waals surface area contributed by atoms with E-state index in [0.717, 1.165) is 65.9 Å². The number of hydrogen-bond donors (Lipinski definition) is 0. The van der Waals surface area contributed by atoms with Crippen molar-refractivity contribution in [3.8, 4) is 34.1 Å². The van der Waals surface area contributed by atoms with Gasteiger partial charge < -0.3 is 18.8 Å². The maximum atomic E-state index is 11.6. The zero-order valence-corrected chi connectivity index (χ0v) is 16.3. The number of nitrogens with zero attached hydrogens (tertiary/aromatic N) is 2. The molecule has 3 heterocycles. The molecule has 29 heavy (non-hydrogen) atoms. The number of likely N-dealkylation sites (tertiary alicyclic amines) is 1. The summed E-state index contributed by atoms with van der Waals surface area (Å²) in [6.45, 7) is 3.34. The molecule has 5 rings (SSSR count). The van der Waals surface area contributed by atoms with Crippen LogP contribution in [-0.2, 0) is 4.79 Å². The smallest absolute Gasteiger partial charge is 0.231 e. The van der Waals surface area contributed by atoms with E-state index in [-0.39, 0.29) is 18.6 Å². The van der Waals surface area contributed by atoms with E-state index in [9.17, 15) is 4.79 Å². The SMILES string of the molecule is CC(=O)N1CCC(c2nc(-c3ccc4c(c3)OCO4)c(-c3ccccc3)o2)CC1. The maximum Gasteiger partial charge on any atom is 0.231 e. The second-order valence-corrected chi connectivity index (χ2v) is 7.44. The third-order valence-corrected chi connectivity index (χ3v) is 5.62. The van der Waals surface area contributed by atoms with Crippen LogP contribution in [0.2, 0.25) is 0 Å². The van der Waals surface area contributed by atoms with Gasteiger partial charge in [-0.3, -0.25) is 4.79 Å². The fourth-order valence-electron chi connectivity index (χ4n) is 3.98. The van der Waals surface area contributed by atoms with Gasteiger partial charge in [-0.2, -0.15) is 0 Å². The lowest BCUT2D eigenvalue weighted by Crippen LogP contribution is -2.36. The number of hydrogen-bond acceptors (Lipinski definition) is 5. The first kappa shape index (κ1) is 17.8. The number of amides is 1. The van der Waals surface area contributed by atoms with Crippen molar-refractivity contribution in [2.75, 3.05) is 19.9 Å². The van der Waals surface area contributed by atoms with Crippen molar-refractivity contribution in [1.82, 2.24) is 9.88 Å². The van der Waals surface area contributed by atoms with E-state index in [1.165, 1.54) is 0 Å². The summed E-state index contributed by atoms with van der Waals surface area (Å²) >= 11 is 0. The van der Waals surface area contributed by atoms with E-state index in [1.807, 2.05) is 53.4 Å². The Morgan fingerprint density at radius 1 is 1.00 bits per heavy atom. The average molecular weight is 390 g/mol. The van der Waals surface area contributed by atoms with E-state index in [4.69, 9.17) is 18.9 Å². The maximum absolute atomic E-state index is 11.6. The van der Waals surface area contributed by atoms with Crippen LogP contribution in [0.25, 0.3) is 22.6 Å². The lowest BCUT2D eigenvalue weighted by molar-refractivity contribution is -0.129. The van der Waals surface area contributed by atoms with E-state index in [2.05, 4.69) is 0 Å². The Balaban J connectivity index is 1.53. The van der Waals surface area contributed by atoms with Crippen molar-refractivity contribution in [3.05, 3.63) is 54.4 Å². The minimum Gasteiger partial charge on any atom is -0.454 e. The number of benzene rings is 2. The Hall–Kier alpha value is -3.28. The Morgan fingerprint density at radius 3 is 2.52 bits per heavy atom. The number of ether oxygens (including phenoxy) is 2. The van der Waals surface area contributed by atoms with Gasteiger partial charge in [-0.1, -0.05) is 30.3 Å². The molecule has 0 atom stereocenters. The molecule has 6 nitrogen and oxygen atoms in total. The highest BCUT2D eigenvalue weighted by Crippen LogP contribution is 2.41. The molecule has 0 radical (unpaired) electrons. The number of oxazole rings is 1. The van der Waals surface area contributed by atoms with E-state index < -0.39 is 0 Å². The molecule has 0 unspecified atom stereocenters. The summed E-state index contributed by atoms with van der Waals surface area (Å²) < 4.78 is 17.3. The van der Waals surface area contributed by atoms with Gasteiger partial charge in [0, 0.05) is 37.1 Å². The van der Waals surface area contributed by atoms with Crippen LogP contribution in [0.15, 0.2) is 52.9 Å². The summed E-state index contributed by atoms with van der Waals surface area (Å²) in [7, 11) is 0. The highest BCUT2D eigenvalue weighted by molar-refractivity contribution is 5.78. The zero-order chi connectivity index (χ0) is 19.8. The second kappa shape index (κ2) is 7.28. The summed E-state index contributed by atoms with van der Waals surface area (Å²) in [6, 6.07) is 15.9. The molecule has 1 aromatic heterocycles. The lowest BCUT2D eigenvalue weighted by Gasteiger charge is -2.29. The number of carbonyl (C=O) groups is 1. The predicted molar refractivity (Wildman–Crippen MR) is 108 cm³/mol. The molecular formula is C23H22N2O4. The molecule has 2 aromatic carbocycles. The molecule has 3 aromatic rings. The molecule has 1 saturated heterocycles. The quantitative estimate of drug-likeness (QED) is 0.660. The number of fused-ring (bicyclic) bond motifs is 1. The number of aromatic nitrogens is 1. The number of piperidine rings is 1. The molecule has 0 saturated carbocycles. The van der Waals surface area contributed by atoms with E-state index in [0.29, 0.717) is 0 Å². The molecule has 2 aliphatic rings. The summed E-state index contributed by atoms with van der Waals surface area (Å²) in [6.07, 6.45) is 1.71. The summed E-state index contributed by atoms with van der Waals surface area (Å²) in [5, 5.41) is 0. The molecule has 0 aliphatic carbocycles. The van der Waals surface area contributed by atoms with Crippen LogP contribution >= 0.6 is 0 Å².